The van der Waals surface area contributed by atoms with Gasteiger partial charge in [-0.15, -0.1) is 0 Å². The van der Waals surface area contributed by atoms with Gasteiger partial charge in [0.1, 0.15) is 22.9 Å². The molecule has 1 N–H and O–H groups in total. The standard InChI is InChI=1S/C10H12NO4/c1-13-7-4-8(14-2)10(11-6-12)9(5-7)15-3/h4-5H,1-3H3,(H,11,12). The van der Waals surface area contributed by atoms with Crippen molar-refractivity contribution in [3.8, 4) is 17.2 Å². The average Bonchev–Trinajstić information content (AvgIpc) is 2.29. The van der Waals surface area contributed by atoms with Crippen LogP contribution in [0.5, 0.6) is 17.2 Å². The van der Waals surface area contributed by atoms with E-state index in [0.717, 1.165) is 0 Å². The van der Waals surface area contributed by atoms with E-state index in [1.807, 2.05) is 0 Å². The summed E-state index contributed by atoms with van der Waals surface area (Å²) >= 11 is 0. The van der Waals surface area contributed by atoms with Crippen LogP contribution < -0.4 is 19.5 Å². The SMILES string of the molecule is COc1cc(OC)c(N[C]=O)c(OC)c1. The highest BCUT2D eigenvalue weighted by Crippen LogP contribution is 2.38. The van der Waals surface area contributed by atoms with Gasteiger partial charge in [0.2, 0.25) is 0 Å². The van der Waals surface area contributed by atoms with E-state index in [1.165, 1.54) is 21.3 Å². The number of methoxy groups -OCH3 is 3. The smallest absolute Gasteiger partial charge is 0.314 e. The molecule has 0 atom stereocenters. The summed E-state index contributed by atoms with van der Waals surface area (Å²) in [6.07, 6.45) is 1.57. The van der Waals surface area contributed by atoms with Crippen molar-refractivity contribution in [1.82, 2.24) is 0 Å². The van der Waals surface area contributed by atoms with E-state index in [2.05, 4.69) is 5.32 Å². The maximum absolute atomic E-state index is 10.3. The van der Waals surface area contributed by atoms with Crippen LogP contribution in [0.2, 0.25) is 0 Å². The van der Waals surface area contributed by atoms with E-state index in [9.17, 15) is 4.79 Å². The molecule has 1 radical (unpaired) electrons. The first-order valence-corrected chi connectivity index (χ1v) is 4.20. The molecule has 0 fully saturated rings. The number of anilines is 1. The number of hydrogen-bond acceptors (Lipinski definition) is 4. The molecule has 81 valence electrons. The lowest BCUT2D eigenvalue weighted by Crippen LogP contribution is -2.01. The molecule has 0 aromatic heterocycles. The highest BCUT2D eigenvalue weighted by atomic mass is 16.5. The van der Waals surface area contributed by atoms with Gasteiger partial charge in [-0.3, -0.25) is 4.79 Å². The third-order valence-electron chi connectivity index (χ3n) is 1.89. The maximum Gasteiger partial charge on any atom is 0.314 e. The van der Waals surface area contributed by atoms with Gasteiger partial charge in [0.15, 0.2) is 0 Å². The Hall–Kier alpha value is -1.91. The Labute approximate surface area is 87.9 Å². The fourth-order valence-electron chi connectivity index (χ4n) is 1.18. The van der Waals surface area contributed by atoms with Crippen molar-refractivity contribution < 1.29 is 19.0 Å². The second kappa shape index (κ2) is 5.09. The van der Waals surface area contributed by atoms with Crippen molar-refractivity contribution in [1.29, 1.82) is 0 Å². The largest absolute Gasteiger partial charge is 0.496 e. The second-order valence-corrected chi connectivity index (χ2v) is 2.63. The van der Waals surface area contributed by atoms with Gasteiger partial charge in [0.05, 0.1) is 21.3 Å². The van der Waals surface area contributed by atoms with E-state index in [1.54, 1.807) is 18.5 Å². The van der Waals surface area contributed by atoms with E-state index < -0.39 is 0 Å². The predicted molar refractivity (Wildman–Crippen MR) is 55.4 cm³/mol. The minimum absolute atomic E-state index is 0.427. The summed E-state index contributed by atoms with van der Waals surface area (Å²) in [5.74, 6) is 1.49. The molecule has 15 heavy (non-hydrogen) atoms. The number of hydrogen-bond donors (Lipinski definition) is 1. The lowest BCUT2D eigenvalue weighted by molar-refractivity contribution is 0.378. The van der Waals surface area contributed by atoms with Crippen LogP contribution in [0.25, 0.3) is 0 Å². The third kappa shape index (κ3) is 2.31. The molecule has 0 unspecified atom stereocenters. The highest BCUT2D eigenvalue weighted by molar-refractivity contribution is 5.81. The number of nitrogens with one attached hydrogen (secondary N) is 1. The highest BCUT2D eigenvalue weighted by Gasteiger charge is 2.12. The van der Waals surface area contributed by atoms with Gasteiger partial charge >= 0.3 is 6.41 Å². The minimum Gasteiger partial charge on any atom is -0.496 e. The van der Waals surface area contributed by atoms with Crippen molar-refractivity contribution in [3.63, 3.8) is 0 Å². The number of ether oxygens (including phenoxy) is 3. The zero-order valence-electron chi connectivity index (χ0n) is 8.79. The molecule has 0 saturated carbocycles. The van der Waals surface area contributed by atoms with Crippen LogP contribution in [0.4, 0.5) is 5.69 Å². The van der Waals surface area contributed by atoms with Gasteiger partial charge in [0, 0.05) is 12.1 Å². The van der Waals surface area contributed by atoms with Crippen molar-refractivity contribution in [2.24, 2.45) is 0 Å². The minimum atomic E-state index is 0.427. The van der Waals surface area contributed by atoms with Gasteiger partial charge in [0.25, 0.3) is 0 Å². The van der Waals surface area contributed by atoms with Crippen LogP contribution >= 0.6 is 0 Å². The number of benzene rings is 1. The molecule has 1 rings (SSSR count). The first-order valence-electron chi connectivity index (χ1n) is 4.20. The van der Waals surface area contributed by atoms with Gasteiger partial charge in [-0.2, -0.15) is 0 Å². The van der Waals surface area contributed by atoms with Gasteiger partial charge < -0.3 is 19.5 Å². The van der Waals surface area contributed by atoms with Crippen molar-refractivity contribution in [3.05, 3.63) is 12.1 Å². The average molecular weight is 210 g/mol. The fourth-order valence-corrected chi connectivity index (χ4v) is 1.18. The Morgan fingerprint density at radius 2 is 1.60 bits per heavy atom. The Morgan fingerprint density at radius 3 is 1.93 bits per heavy atom. The Morgan fingerprint density at radius 1 is 1.07 bits per heavy atom. The molecule has 1 amide bonds. The summed E-state index contributed by atoms with van der Waals surface area (Å²) < 4.78 is 15.2. The molecule has 0 spiro atoms. The first-order chi connectivity index (χ1) is 7.26. The van der Waals surface area contributed by atoms with Crippen LogP contribution in [0, 0.1) is 0 Å². The molecule has 0 aliphatic carbocycles. The van der Waals surface area contributed by atoms with Crippen LogP contribution in [0.1, 0.15) is 0 Å². The summed E-state index contributed by atoms with van der Waals surface area (Å²) in [7, 11) is 4.52. The molecule has 5 heteroatoms. The van der Waals surface area contributed by atoms with Crippen LogP contribution in [0.15, 0.2) is 12.1 Å². The lowest BCUT2D eigenvalue weighted by atomic mass is 10.2. The van der Waals surface area contributed by atoms with Crippen LogP contribution in [-0.4, -0.2) is 27.7 Å². The predicted octanol–water partition coefficient (Wildman–Crippen LogP) is 1.19. The normalized spacial score (nSPS) is 9.27. The summed E-state index contributed by atoms with van der Waals surface area (Å²) in [5, 5.41) is 2.39. The monoisotopic (exact) mass is 210 g/mol. The first kappa shape index (κ1) is 11.2. The third-order valence-corrected chi connectivity index (χ3v) is 1.89. The summed E-state index contributed by atoms with van der Waals surface area (Å²) in [6.45, 7) is 0. The molecule has 1 aromatic carbocycles. The van der Waals surface area contributed by atoms with Gasteiger partial charge in [-0.05, 0) is 0 Å². The van der Waals surface area contributed by atoms with Crippen molar-refractivity contribution >= 4 is 12.1 Å². The molecule has 0 aliphatic rings. The summed E-state index contributed by atoms with van der Waals surface area (Å²) in [6, 6.07) is 3.28. The summed E-state index contributed by atoms with van der Waals surface area (Å²) in [4.78, 5) is 10.3. The maximum atomic E-state index is 10.3. The van der Waals surface area contributed by atoms with Gasteiger partial charge in [-0.25, -0.2) is 0 Å². The molecule has 0 aliphatic heterocycles. The Kier molecular flexibility index (Phi) is 3.79. The molecule has 0 bridgehead atoms. The fraction of sp³-hybridized carbons (Fsp3) is 0.300. The molecular formula is C10H12NO4. The van der Waals surface area contributed by atoms with E-state index >= 15 is 0 Å². The second-order valence-electron chi connectivity index (χ2n) is 2.63. The van der Waals surface area contributed by atoms with E-state index in [4.69, 9.17) is 14.2 Å². The quantitative estimate of drug-likeness (QED) is 0.742. The molecule has 0 saturated heterocycles. The molecule has 0 heterocycles. The number of rotatable bonds is 5. The molecular weight excluding hydrogens is 198 g/mol. The zero-order valence-corrected chi connectivity index (χ0v) is 8.79. The Bertz CT molecular complexity index is 326. The lowest BCUT2D eigenvalue weighted by Gasteiger charge is -2.13. The van der Waals surface area contributed by atoms with Crippen LogP contribution in [-0.2, 0) is 4.79 Å². The van der Waals surface area contributed by atoms with Crippen LogP contribution in [0.3, 0.4) is 0 Å². The number of carbonyl (C=O) groups excluding carboxylic acids is 1. The van der Waals surface area contributed by atoms with Crippen molar-refractivity contribution in [2.75, 3.05) is 26.6 Å². The van der Waals surface area contributed by atoms with Crippen molar-refractivity contribution in [2.45, 2.75) is 0 Å². The Balaban J connectivity index is 3.25. The van der Waals surface area contributed by atoms with E-state index in [0.29, 0.717) is 22.9 Å². The molecule has 5 nitrogen and oxygen atoms in total. The number of amides is 1. The van der Waals surface area contributed by atoms with Gasteiger partial charge in [-0.1, -0.05) is 0 Å². The topological polar surface area (TPSA) is 56.8 Å². The van der Waals surface area contributed by atoms with E-state index in [-0.39, 0.29) is 0 Å². The zero-order chi connectivity index (χ0) is 11.3. The summed E-state index contributed by atoms with van der Waals surface area (Å²) in [5.41, 5.74) is 0.427. The molecule has 1 aromatic rings.